The summed E-state index contributed by atoms with van der Waals surface area (Å²) in [6.07, 6.45) is 0. The fourth-order valence-electron chi connectivity index (χ4n) is 2.68. The molecule has 6 heteroatoms. The number of hydrogen-bond acceptors (Lipinski definition) is 4. The molecule has 0 aliphatic rings. The quantitative estimate of drug-likeness (QED) is 0.671. The molecule has 0 aliphatic carbocycles. The standard InChI is InChI=1S/C17H16ClN3O2/c1-9-8-12(17(22)23-4)15-11(3)20-21(16(15)19-9)14-7-5-6-13(18)10(14)2/h5-8H,1-4H3. The largest absolute Gasteiger partial charge is 0.465 e. The van der Waals surface area contributed by atoms with E-state index in [1.54, 1.807) is 10.7 Å². The molecule has 3 aromatic rings. The lowest BCUT2D eigenvalue weighted by Crippen LogP contribution is -2.05. The van der Waals surface area contributed by atoms with E-state index in [2.05, 4.69) is 10.1 Å². The van der Waals surface area contributed by atoms with Crippen LogP contribution in [0.2, 0.25) is 5.02 Å². The van der Waals surface area contributed by atoms with Crippen molar-refractivity contribution < 1.29 is 9.53 Å². The minimum absolute atomic E-state index is 0.397. The van der Waals surface area contributed by atoms with Crippen molar-refractivity contribution in [2.75, 3.05) is 7.11 Å². The van der Waals surface area contributed by atoms with E-state index in [1.807, 2.05) is 39.0 Å². The summed E-state index contributed by atoms with van der Waals surface area (Å²) in [4.78, 5) is 16.7. The normalized spacial score (nSPS) is 11.0. The molecule has 0 unspecified atom stereocenters. The van der Waals surface area contributed by atoms with Crippen molar-refractivity contribution in [1.29, 1.82) is 0 Å². The monoisotopic (exact) mass is 329 g/mol. The Labute approximate surface area is 138 Å². The number of ether oxygens (including phenoxy) is 1. The second-order valence-electron chi connectivity index (χ2n) is 5.38. The zero-order chi connectivity index (χ0) is 16.7. The van der Waals surface area contributed by atoms with Crippen molar-refractivity contribution in [3.8, 4) is 5.69 Å². The number of carbonyl (C=O) groups is 1. The third kappa shape index (κ3) is 2.47. The number of rotatable bonds is 2. The fourth-order valence-corrected chi connectivity index (χ4v) is 2.85. The lowest BCUT2D eigenvalue weighted by Gasteiger charge is -2.09. The Bertz CT molecular complexity index is 931. The highest BCUT2D eigenvalue weighted by molar-refractivity contribution is 6.31. The Morgan fingerprint density at radius 3 is 2.70 bits per heavy atom. The molecular formula is C17H16ClN3O2. The van der Waals surface area contributed by atoms with Gasteiger partial charge in [-0.05, 0) is 44.5 Å². The number of aromatic nitrogens is 3. The highest BCUT2D eigenvalue weighted by Gasteiger charge is 2.20. The Morgan fingerprint density at radius 1 is 1.26 bits per heavy atom. The van der Waals surface area contributed by atoms with Crippen LogP contribution in [0, 0.1) is 20.8 Å². The number of aryl methyl sites for hydroxylation is 2. The van der Waals surface area contributed by atoms with Crippen molar-refractivity contribution in [2.24, 2.45) is 0 Å². The van der Waals surface area contributed by atoms with Crippen LogP contribution in [-0.4, -0.2) is 27.8 Å². The summed E-state index contributed by atoms with van der Waals surface area (Å²) in [7, 11) is 1.37. The first-order valence-corrected chi connectivity index (χ1v) is 7.52. The summed E-state index contributed by atoms with van der Waals surface area (Å²) >= 11 is 6.22. The third-order valence-corrected chi connectivity index (χ3v) is 4.22. The summed E-state index contributed by atoms with van der Waals surface area (Å²) in [6, 6.07) is 7.34. The first-order chi connectivity index (χ1) is 10.9. The van der Waals surface area contributed by atoms with E-state index in [-0.39, 0.29) is 0 Å². The third-order valence-electron chi connectivity index (χ3n) is 3.81. The molecule has 0 aliphatic heterocycles. The van der Waals surface area contributed by atoms with Crippen LogP contribution in [0.4, 0.5) is 0 Å². The van der Waals surface area contributed by atoms with Gasteiger partial charge in [-0.25, -0.2) is 14.5 Å². The van der Waals surface area contributed by atoms with E-state index in [4.69, 9.17) is 16.3 Å². The maximum absolute atomic E-state index is 12.1. The van der Waals surface area contributed by atoms with E-state index < -0.39 is 5.97 Å². The molecule has 1 aromatic carbocycles. The van der Waals surface area contributed by atoms with Crippen molar-refractivity contribution in [2.45, 2.75) is 20.8 Å². The molecule has 2 aromatic heterocycles. The molecule has 0 bridgehead atoms. The average molecular weight is 330 g/mol. The number of nitrogens with zero attached hydrogens (tertiary/aromatic N) is 3. The number of methoxy groups -OCH3 is 1. The van der Waals surface area contributed by atoms with E-state index in [1.165, 1.54) is 7.11 Å². The van der Waals surface area contributed by atoms with Crippen LogP contribution in [0.25, 0.3) is 16.7 Å². The van der Waals surface area contributed by atoms with Gasteiger partial charge >= 0.3 is 5.97 Å². The summed E-state index contributed by atoms with van der Waals surface area (Å²) in [5, 5.41) is 5.92. The highest BCUT2D eigenvalue weighted by atomic mass is 35.5. The molecule has 5 nitrogen and oxygen atoms in total. The molecule has 2 heterocycles. The molecule has 0 saturated heterocycles. The van der Waals surface area contributed by atoms with Crippen molar-refractivity contribution >= 4 is 28.6 Å². The summed E-state index contributed by atoms with van der Waals surface area (Å²) < 4.78 is 6.61. The van der Waals surface area contributed by atoms with Gasteiger partial charge in [0, 0.05) is 10.7 Å². The van der Waals surface area contributed by atoms with Gasteiger partial charge in [-0.2, -0.15) is 5.10 Å². The van der Waals surface area contributed by atoms with Gasteiger partial charge in [0.05, 0.1) is 29.4 Å². The van der Waals surface area contributed by atoms with Gasteiger partial charge in [0.15, 0.2) is 5.65 Å². The van der Waals surface area contributed by atoms with E-state index in [0.717, 1.165) is 16.9 Å². The van der Waals surface area contributed by atoms with E-state index in [0.29, 0.717) is 27.3 Å². The van der Waals surface area contributed by atoms with Crippen LogP contribution >= 0.6 is 11.6 Å². The highest BCUT2D eigenvalue weighted by Crippen LogP contribution is 2.28. The Hall–Kier alpha value is -2.40. The maximum atomic E-state index is 12.1. The predicted molar refractivity (Wildman–Crippen MR) is 89.4 cm³/mol. The number of carbonyl (C=O) groups excluding carboxylic acids is 1. The van der Waals surface area contributed by atoms with E-state index in [9.17, 15) is 4.79 Å². The second-order valence-corrected chi connectivity index (χ2v) is 5.79. The van der Waals surface area contributed by atoms with Crippen molar-refractivity contribution in [3.63, 3.8) is 0 Å². The van der Waals surface area contributed by atoms with Gasteiger partial charge in [0.1, 0.15) is 0 Å². The van der Waals surface area contributed by atoms with Gasteiger partial charge in [-0.3, -0.25) is 0 Å². The van der Waals surface area contributed by atoms with Gasteiger partial charge in [-0.1, -0.05) is 17.7 Å². The number of pyridine rings is 1. The fraction of sp³-hybridized carbons (Fsp3) is 0.235. The van der Waals surface area contributed by atoms with Crippen molar-refractivity contribution in [3.05, 3.63) is 51.8 Å². The SMILES string of the molecule is COC(=O)c1cc(C)nc2c1c(C)nn2-c1cccc(Cl)c1C. The average Bonchev–Trinajstić information content (AvgIpc) is 2.85. The molecule has 0 fully saturated rings. The predicted octanol–water partition coefficient (Wildman–Crippen LogP) is 3.79. The van der Waals surface area contributed by atoms with Gasteiger partial charge < -0.3 is 4.74 Å². The number of fused-ring (bicyclic) bond motifs is 1. The minimum Gasteiger partial charge on any atom is -0.465 e. The number of halogens is 1. The Kier molecular flexibility index (Phi) is 3.82. The zero-order valence-corrected chi connectivity index (χ0v) is 14.1. The molecule has 0 N–H and O–H groups in total. The number of benzene rings is 1. The molecule has 3 rings (SSSR count). The first-order valence-electron chi connectivity index (χ1n) is 7.14. The van der Waals surface area contributed by atoms with Gasteiger partial charge in [-0.15, -0.1) is 0 Å². The molecule has 118 valence electrons. The minimum atomic E-state index is -0.397. The first kappa shape index (κ1) is 15.5. The van der Waals surface area contributed by atoms with E-state index >= 15 is 0 Å². The zero-order valence-electron chi connectivity index (χ0n) is 13.3. The van der Waals surface area contributed by atoms with Crippen LogP contribution in [-0.2, 0) is 4.74 Å². The molecule has 0 atom stereocenters. The molecule has 23 heavy (non-hydrogen) atoms. The maximum Gasteiger partial charge on any atom is 0.338 e. The second kappa shape index (κ2) is 5.66. The molecule has 0 spiro atoms. The molecule has 0 saturated carbocycles. The molecule has 0 radical (unpaired) electrons. The summed E-state index contributed by atoms with van der Waals surface area (Å²) in [6.45, 7) is 5.61. The summed E-state index contributed by atoms with van der Waals surface area (Å²) in [5.41, 5.74) is 4.27. The van der Waals surface area contributed by atoms with Gasteiger partial charge in [0.2, 0.25) is 0 Å². The lowest BCUT2D eigenvalue weighted by molar-refractivity contribution is 0.0602. The van der Waals surface area contributed by atoms with Crippen LogP contribution in [0.5, 0.6) is 0 Å². The Balaban J connectivity index is 2.39. The van der Waals surface area contributed by atoms with Crippen LogP contribution in [0.3, 0.4) is 0 Å². The van der Waals surface area contributed by atoms with Crippen LogP contribution < -0.4 is 0 Å². The summed E-state index contributed by atoms with van der Waals surface area (Å²) in [5.74, 6) is -0.397. The number of hydrogen-bond donors (Lipinski definition) is 0. The Morgan fingerprint density at radius 2 is 2.00 bits per heavy atom. The molecule has 0 amide bonds. The smallest absolute Gasteiger partial charge is 0.338 e. The lowest BCUT2D eigenvalue weighted by atomic mass is 10.1. The molecular weight excluding hydrogens is 314 g/mol. The number of esters is 1. The van der Waals surface area contributed by atoms with Crippen LogP contribution in [0.1, 0.15) is 27.3 Å². The topological polar surface area (TPSA) is 57.0 Å². The van der Waals surface area contributed by atoms with Crippen LogP contribution in [0.15, 0.2) is 24.3 Å². The van der Waals surface area contributed by atoms with Crippen molar-refractivity contribution in [1.82, 2.24) is 14.8 Å². The van der Waals surface area contributed by atoms with Gasteiger partial charge in [0.25, 0.3) is 0 Å².